The molecule has 6 heteroatoms. The Morgan fingerprint density at radius 1 is 1.14 bits per heavy atom. The Hall–Kier alpha value is -3.51. The number of pyridine rings is 1. The molecule has 1 aliphatic rings. The lowest BCUT2D eigenvalue weighted by molar-refractivity contribution is 0.0766. The van der Waals surface area contributed by atoms with Crippen molar-refractivity contribution in [2.24, 2.45) is 7.05 Å². The number of hydrogen-bond acceptors (Lipinski definition) is 4. The van der Waals surface area contributed by atoms with Crippen molar-refractivity contribution in [3.63, 3.8) is 0 Å². The third-order valence-corrected chi connectivity index (χ3v) is 5.30. The molecule has 2 aromatic heterocycles. The van der Waals surface area contributed by atoms with Gasteiger partial charge in [0, 0.05) is 36.9 Å². The molecule has 5 rings (SSSR count). The van der Waals surface area contributed by atoms with Crippen molar-refractivity contribution in [1.82, 2.24) is 19.7 Å². The molecule has 1 N–H and O–H groups in total. The number of benzene rings is 2. The first-order valence-corrected chi connectivity index (χ1v) is 9.33. The first-order valence-electron chi connectivity index (χ1n) is 10.3. The molecule has 0 aliphatic carbocycles. The van der Waals surface area contributed by atoms with E-state index in [1.807, 2.05) is 36.5 Å². The minimum Gasteiger partial charge on any atom is -0.392 e. The summed E-state index contributed by atoms with van der Waals surface area (Å²) in [5, 5.41) is 15.0. The van der Waals surface area contributed by atoms with E-state index in [9.17, 15) is 9.90 Å². The fourth-order valence-electron chi connectivity index (χ4n) is 3.88. The molecule has 1 amide bonds. The lowest BCUT2D eigenvalue weighted by Crippen LogP contribution is -2.23. The third-order valence-electron chi connectivity index (χ3n) is 5.30. The maximum absolute atomic E-state index is 12.6. The summed E-state index contributed by atoms with van der Waals surface area (Å²) in [5.74, 6) is -0.00175. The molecule has 4 aromatic rings. The lowest BCUT2D eigenvalue weighted by atomic mass is 9.98. The van der Waals surface area contributed by atoms with Gasteiger partial charge in [-0.25, -0.2) is 0 Å². The Labute approximate surface area is 170 Å². The predicted molar refractivity (Wildman–Crippen MR) is 110 cm³/mol. The van der Waals surface area contributed by atoms with E-state index in [2.05, 4.69) is 10.1 Å². The molecule has 0 bridgehead atoms. The summed E-state index contributed by atoms with van der Waals surface area (Å²) in [7, 11) is 1.77. The number of carbonyl (C=O) groups is 1. The van der Waals surface area contributed by atoms with Gasteiger partial charge < -0.3 is 10.0 Å². The zero-order chi connectivity index (χ0) is 21.8. The van der Waals surface area contributed by atoms with Crippen LogP contribution >= 0.6 is 0 Å². The summed E-state index contributed by atoms with van der Waals surface area (Å²) < 4.78 is 17.0. The molecular weight excluding hydrogens is 364 g/mol. The van der Waals surface area contributed by atoms with Crippen LogP contribution < -0.4 is 0 Å². The second-order valence-electron chi connectivity index (χ2n) is 7.19. The highest BCUT2D eigenvalue weighted by molar-refractivity contribution is 5.98. The van der Waals surface area contributed by atoms with Gasteiger partial charge in [-0.15, -0.1) is 0 Å². The number of aliphatic hydroxyl groups is 1. The molecule has 144 valence electrons. The van der Waals surface area contributed by atoms with Gasteiger partial charge in [-0.05, 0) is 28.8 Å². The summed E-state index contributed by atoms with van der Waals surface area (Å²) >= 11 is 0. The number of aryl methyl sites for hydroxylation is 1. The van der Waals surface area contributed by atoms with Crippen LogP contribution in [0.5, 0.6) is 0 Å². The molecule has 3 heterocycles. The van der Waals surface area contributed by atoms with E-state index in [4.69, 9.17) is 2.74 Å². The number of rotatable bonds is 4. The molecule has 0 saturated carbocycles. The van der Waals surface area contributed by atoms with Crippen molar-refractivity contribution >= 4 is 16.8 Å². The molecule has 0 atom stereocenters. The van der Waals surface area contributed by atoms with E-state index in [0.717, 1.165) is 27.8 Å². The van der Waals surface area contributed by atoms with Gasteiger partial charge >= 0.3 is 0 Å². The summed E-state index contributed by atoms with van der Waals surface area (Å²) in [6.45, 7) is -1.46. The average Bonchev–Trinajstić information content (AvgIpc) is 3.27. The number of amides is 1. The Kier molecular flexibility index (Phi) is 3.63. The molecular formula is C23H20N4O2. The normalized spacial score (nSPS) is 14.8. The Morgan fingerprint density at radius 3 is 2.72 bits per heavy atom. The van der Waals surface area contributed by atoms with Gasteiger partial charge in [-0.3, -0.25) is 14.5 Å². The first-order chi connectivity index (χ1) is 14.8. The highest BCUT2D eigenvalue weighted by atomic mass is 16.3. The second kappa shape index (κ2) is 6.83. The van der Waals surface area contributed by atoms with Crippen molar-refractivity contribution in [3.05, 3.63) is 83.3 Å². The predicted octanol–water partition coefficient (Wildman–Crippen LogP) is 3.28. The number of fused-ring (bicyclic) bond motifs is 2. The van der Waals surface area contributed by atoms with Crippen molar-refractivity contribution in [1.29, 1.82) is 0 Å². The largest absolute Gasteiger partial charge is 0.392 e. The molecule has 0 unspecified atom stereocenters. The average molecular weight is 386 g/mol. The molecule has 1 aliphatic heterocycles. The van der Waals surface area contributed by atoms with Crippen LogP contribution in [0.1, 0.15) is 29.9 Å². The van der Waals surface area contributed by atoms with E-state index in [-0.39, 0.29) is 11.5 Å². The highest BCUT2D eigenvalue weighted by Crippen LogP contribution is 2.31. The van der Waals surface area contributed by atoms with Crippen LogP contribution in [0.25, 0.3) is 22.0 Å². The SMILES string of the molecule is [2H]C([2H])(O)c1ccc(-c2ccc(CN3Cc4ncccc4C3=O)cc2)c2cn(C)nc12. The minimum absolute atomic E-state index is 0.00175. The van der Waals surface area contributed by atoms with Crippen LogP contribution in [0.3, 0.4) is 0 Å². The van der Waals surface area contributed by atoms with Crippen LogP contribution in [0.4, 0.5) is 0 Å². The minimum atomic E-state index is -2.47. The first kappa shape index (κ1) is 15.4. The number of hydrogen-bond donors (Lipinski definition) is 1. The van der Waals surface area contributed by atoms with E-state index in [1.165, 1.54) is 0 Å². The van der Waals surface area contributed by atoms with E-state index in [0.29, 0.717) is 24.2 Å². The summed E-state index contributed by atoms with van der Waals surface area (Å²) in [6, 6.07) is 14.9. The molecule has 2 aromatic carbocycles. The third kappa shape index (κ3) is 2.98. The zero-order valence-corrected chi connectivity index (χ0v) is 15.8. The summed E-state index contributed by atoms with van der Waals surface area (Å²) in [5.41, 5.74) is 4.92. The van der Waals surface area contributed by atoms with E-state index >= 15 is 0 Å². The Balaban J connectivity index is 1.44. The topological polar surface area (TPSA) is 71.2 Å². The van der Waals surface area contributed by atoms with Crippen LogP contribution in [0, 0.1) is 0 Å². The number of carbonyl (C=O) groups excluding carboxylic acids is 1. The fraction of sp³-hybridized carbons (Fsp3) is 0.174. The molecule has 0 spiro atoms. The van der Waals surface area contributed by atoms with Crippen LogP contribution in [-0.4, -0.2) is 30.7 Å². The second-order valence-corrected chi connectivity index (χ2v) is 7.19. The van der Waals surface area contributed by atoms with Crippen LogP contribution in [0.2, 0.25) is 0 Å². The van der Waals surface area contributed by atoms with Gasteiger partial charge in [-0.1, -0.05) is 36.4 Å². The van der Waals surface area contributed by atoms with E-state index < -0.39 is 6.56 Å². The van der Waals surface area contributed by atoms with Crippen molar-refractivity contribution in [3.8, 4) is 11.1 Å². The summed E-state index contributed by atoms with van der Waals surface area (Å²) in [4.78, 5) is 18.7. The smallest absolute Gasteiger partial charge is 0.256 e. The van der Waals surface area contributed by atoms with Gasteiger partial charge in [0.05, 0.1) is 32.6 Å². The van der Waals surface area contributed by atoms with Gasteiger partial charge in [0.1, 0.15) is 0 Å². The molecule has 0 radical (unpaired) electrons. The van der Waals surface area contributed by atoms with Gasteiger partial charge in [-0.2, -0.15) is 5.10 Å². The van der Waals surface area contributed by atoms with E-state index in [1.54, 1.807) is 41.0 Å². The maximum atomic E-state index is 12.6. The molecule has 0 saturated heterocycles. The molecule has 0 fully saturated rings. The fourth-order valence-corrected chi connectivity index (χ4v) is 3.88. The number of nitrogens with zero attached hydrogens (tertiary/aromatic N) is 4. The van der Waals surface area contributed by atoms with Gasteiger partial charge in [0.25, 0.3) is 5.91 Å². The monoisotopic (exact) mass is 386 g/mol. The van der Waals surface area contributed by atoms with Gasteiger partial charge in [0.15, 0.2) is 0 Å². The van der Waals surface area contributed by atoms with Crippen molar-refractivity contribution in [2.75, 3.05) is 0 Å². The van der Waals surface area contributed by atoms with Crippen molar-refractivity contribution < 1.29 is 12.6 Å². The zero-order valence-electron chi connectivity index (χ0n) is 17.8. The quantitative estimate of drug-likeness (QED) is 0.584. The highest BCUT2D eigenvalue weighted by Gasteiger charge is 2.27. The maximum Gasteiger partial charge on any atom is 0.256 e. The van der Waals surface area contributed by atoms with Gasteiger partial charge in [0.2, 0.25) is 0 Å². The van der Waals surface area contributed by atoms with Crippen LogP contribution in [-0.2, 0) is 26.7 Å². The Bertz CT molecular complexity index is 1310. The molecule has 6 nitrogen and oxygen atoms in total. The number of aromatic nitrogens is 3. The van der Waals surface area contributed by atoms with Crippen LogP contribution in [0.15, 0.2) is 60.9 Å². The lowest BCUT2D eigenvalue weighted by Gasteiger charge is -2.15. The standard InChI is InChI=1S/C23H20N4O2/c1-26-12-20-18(9-8-17(14-28)22(20)25-26)16-6-4-15(5-7-16)11-27-13-21-19(23(27)29)3-2-10-24-21/h2-10,12,28H,11,13-14H2,1H3/i14D2. The summed E-state index contributed by atoms with van der Waals surface area (Å²) in [6.07, 6.45) is 3.53. The molecule has 29 heavy (non-hydrogen) atoms. The van der Waals surface area contributed by atoms with Crippen molar-refractivity contribution in [2.45, 2.75) is 19.6 Å². The Morgan fingerprint density at radius 2 is 1.97 bits per heavy atom.